The van der Waals surface area contributed by atoms with Crippen molar-refractivity contribution in [3.8, 4) is 6.07 Å². The lowest BCUT2D eigenvalue weighted by atomic mass is 10.2. The Kier molecular flexibility index (Phi) is 3.24. The summed E-state index contributed by atoms with van der Waals surface area (Å²) in [5, 5.41) is 12.7. The van der Waals surface area contributed by atoms with Crippen LogP contribution in [0.2, 0.25) is 0 Å². The quantitative estimate of drug-likeness (QED) is 0.636. The minimum atomic E-state index is 0.672. The van der Waals surface area contributed by atoms with Gasteiger partial charge in [-0.25, -0.2) is 4.52 Å². The maximum Gasteiger partial charge on any atom is 0.0992 e. The first-order chi connectivity index (χ1) is 6.81. The lowest BCUT2D eigenvalue weighted by Crippen LogP contribution is -1.86. The van der Waals surface area contributed by atoms with E-state index in [4.69, 9.17) is 5.26 Å². The van der Waals surface area contributed by atoms with Gasteiger partial charge < -0.3 is 0 Å². The molecular weight excluding hydrogens is 174 g/mol. The summed E-state index contributed by atoms with van der Waals surface area (Å²) >= 11 is 0. The number of pyridine rings is 1. The highest BCUT2D eigenvalue weighted by Gasteiger charge is 1.99. The first-order valence-corrected chi connectivity index (χ1v) is 4.65. The molecule has 14 heavy (non-hydrogen) atoms. The summed E-state index contributed by atoms with van der Waals surface area (Å²) in [5.74, 6) is 0. The minimum Gasteiger partial charge on any atom is -0.241 e. The van der Waals surface area contributed by atoms with E-state index < -0.39 is 0 Å². The SMILES string of the molecule is CC.Cc1cnn2ccc(C#N)cc12. The molecule has 0 N–H and O–H groups in total. The maximum absolute atomic E-state index is 8.65. The fourth-order valence-electron chi connectivity index (χ4n) is 1.17. The van der Waals surface area contributed by atoms with Crippen molar-refractivity contribution in [2.75, 3.05) is 0 Å². The van der Waals surface area contributed by atoms with Crippen molar-refractivity contribution in [1.82, 2.24) is 9.61 Å². The van der Waals surface area contributed by atoms with Crippen LogP contribution in [0.15, 0.2) is 24.5 Å². The molecule has 0 aliphatic heterocycles. The fraction of sp³-hybridized carbons (Fsp3) is 0.273. The van der Waals surface area contributed by atoms with Crippen LogP contribution in [-0.4, -0.2) is 9.61 Å². The van der Waals surface area contributed by atoms with Crippen LogP contribution in [-0.2, 0) is 0 Å². The molecule has 0 atom stereocenters. The molecule has 3 heteroatoms. The van der Waals surface area contributed by atoms with Crippen LogP contribution in [0.25, 0.3) is 5.52 Å². The summed E-state index contributed by atoms with van der Waals surface area (Å²) in [7, 11) is 0. The van der Waals surface area contributed by atoms with Gasteiger partial charge in [0.15, 0.2) is 0 Å². The third-order valence-electron chi connectivity index (χ3n) is 1.84. The molecule has 2 aromatic heterocycles. The number of nitrogens with zero attached hydrogens (tertiary/aromatic N) is 3. The van der Waals surface area contributed by atoms with Crippen molar-refractivity contribution < 1.29 is 0 Å². The van der Waals surface area contributed by atoms with E-state index in [1.165, 1.54) is 0 Å². The van der Waals surface area contributed by atoms with Gasteiger partial charge in [0.25, 0.3) is 0 Å². The van der Waals surface area contributed by atoms with E-state index >= 15 is 0 Å². The number of aryl methyl sites for hydroxylation is 1. The Bertz CT molecular complexity index is 463. The predicted octanol–water partition coefficient (Wildman–Crippen LogP) is 2.54. The zero-order chi connectivity index (χ0) is 10.6. The molecule has 2 heterocycles. The Labute approximate surface area is 83.6 Å². The van der Waals surface area contributed by atoms with Crippen molar-refractivity contribution in [1.29, 1.82) is 5.26 Å². The zero-order valence-electron chi connectivity index (χ0n) is 8.65. The van der Waals surface area contributed by atoms with E-state index in [1.807, 2.05) is 26.8 Å². The molecule has 2 aromatic rings. The number of rotatable bonds is 0. The number of aromatic nitrogens is 2. The third kappa shape index (κ3) is 1.74. The van der Waals surface area contributed by atoms with E-state index in [1.54, 1.807) is 23.0 Å². The summed E-state index contributed by atoms with van der Waals surface area (Å²) in [6.45, 7) is 5.98. The van der Waals surface area contributed by atoms with Crippen LogP contribution in [0.5, 0.6) is 0 Å². The molecule has 2 rings (SSSR count). The van der Waals surface area contributed by atoms with Crippen molar-refractivity contribution in [2.24, 2.45) is 0 Å². The second kappa shape index (κ2) is 4.43. The van der Waals surface area contributed by atoms with E-state index in [0.717, 1.165) is 11.1 Å². The summed E-state index contributed by atoms with van der Waals surface area (Å²) in [6.07, 6.45) is 3.58. The van der Waals surface area contributed by atoms with E-state index in [-0.39, 0.29) is 0 Å². The van der Waals surface area contributed by atoms with E-state index in [2.05, 4.69) is 11.2 Å². The Morgan fingerprint density at radius 3 is 2.79 bits per heavy atom. The molecule has 0 radical (unpaired) electrons. The molecule has 0 amide bonds. The molecule has 3 nitrogen and oxygen atoms in total. The first-order valence-electron chi connectivity index (χ1n) is 4.65. The van der Waals surface area contributed by atoms with Crippen LogP contribution in [0.1, 0.15) is 25.0 Å². The molecule has 0 fully saturated rings. The molecule has 0 bridgehead atoms. The van der Waals surface area contributed by atoms with Crippen LogP contribution < -0.4 is 0 Å². The summed E-state index contributed by atoms with van der Waals surface area (Å²) < 4.78 is 1.76. The van der Waals surface area contributed by atoms with E-state index in [0.29, 0.717) is 5.56 Å². The summed E-state index contributed by atoms with van der Waals surface area (Å²) in [5.41, 5.74) is 2.76. The van der Waals surface area contributed by atoms with Gasteiger partial charge in [-0.05, 0) is 24.6 Å². The summed E-state index contributed by atoms with van der Waals surface area (Å²) in [4.78, 5) is 0. The number of fused-ring (bicyclic) bond motifs is 1. The van der Waals surface area contributed by atoms with Crippen molar-refractivity contribution in [3.63, 3.8) is 0 Å². The van der Waals surface area contributed by atoms with Gasteiger partial charge in [0, 0.05) is 6.20 Å². The van der Waals surface area contributed by atoms with Gasteiger partial charge in [0.1, 0.15) is 0 Å². The molecule has 0 unspecified atom stereocenters. The molecule has 0 saturated heterocycles. The Hall–Kier alpha value is -1.82. The van der Waals surface area contributed by atoms with Crippen LogP contribution in [0.4, 0.5) is 0 Å². The number of hydrogen-bond donors (Lipinski definition) is 0. The molecule has 0 aromatic carbocycles. The normalized spacial score (nSPS) is 9.00. The second-order valence-corrected chi connectivity index (χ2v) is 2.68. The molecule has 0 aliphatic rings. The van der Waals surface area contributed by atoms with Gasteiger partial charge in [-0.3, -0.25) is 0 Å². The second-order valence-electron chi connectivity index (χ2n) is 2.68. The molecule has 0 aliphatic carbocycles. The van der Waals surface area contributed by atoms with Gasteiger partial charge in [0.2, 0.25) is 0 Å². The molecule has 0 saturated carbocycles. The highest BCUT2D eigenvalue weighted by molar-refractivity contribution is 5.56. The summed E-state index contributed by atoms with van der Waals surface area (Å²) in [6, 6.07) is 5.68. The lowest BCUT2D eigenvalue weighted by molar-refractivity contribution is 0.960. The molecular formula is C11H13N3. The average molecular weight is 187 g/mol. The average Bonchev–Trinajstić information content (AvgIpc) is 2.63. The highest BCUT2D eigenvalue weighted by Crippen LogP contribution is 2.10. The standard InChI is InChI=1S/C9H7N3.C2H6/c1-7-6-11-12-3-2-8(5-10)4-9(7)12;1-2/h2-4,6H,1H3;1-2H3. The number of hydrogen-bond acceptors (Lipinski definition) is 2. The Morgan fingerprint density at radius 1 is 1.43 bits per heavy atom. The largest absolute Gasteiger partial charge is 0.241 e. The molecule has 72 valence electrons. The Morgan fingerprint density at radius 2 is 2.14 bits per heavy atom. The maximum atomic E-state index is 8.65. The van der Waals surface area contributed by atoms with Gasteiger partial charge in [-0.15, -0.1) is 0 Å². The zero-order valence-corrected chi connectivity index (χ0v) is 8.65. The highest BCUT2D eigenvalue weighted by atomic mass is 15.2. The van der Waals surface area contributed by atoms with Crippen LogP contribution in [0.3, 0.4) is 0 Å². The van der Waals surface area contributed by atoms with E-state index in [9.17, 15) is 0 Å². The van der Waals surface area contributed by atoms with Gasteiger partial charge >= 0.3 is 0 Å². The smallest absolute Gasteiger partial charge is 0.0992 e. The fourth-order valence-corrected chi connectivity index (χ4v) is 1.17. The third-order valence-corrected chi connectivity index (χ3v) is 1.84. The van der Waals surface area contributed by atoms with Crippen molar-refractivity contribution in [3.05, 3.63) is 35.7 Å². The first kappa shape index (κ1) is 10.3. The van der Waals surface area contributed by atoms with Gasteiger partial charge in [-0.2, -0.15) is 10.4 Å². The van der Waals surface area contributed by atoms with Crippen LogP contribution >= 0.6 is 0 Å². The predicted molar refractivity (Wildman–Crippen MR) is 56.0 cm³/mol. The molecule has 0 spiro atoms. The van der Waals surface area contributed by atoms with Crippen molar-refractivity contribution in [2.45, 2.75) is 20.8 Å². The minimum absolute atomic E-state index is 0.672. The lowest BCUT2D eigenvalue weighted by Gasteiger charge is -1.93. The number of nitriles is 1. The van der Waals surface area contributed by atoms with Crippen LogP contribution in [0, 0.1) is 18.3 Å². The van der Waals surface area contributed by atoms with Crippen molar-refractivity contribution >= 4 is 5.52 Å². The topological polar surface area (TPSA) is 41.1 Å². The monoisotopic (exact) mass is 187 g/mol. The van der Waals surface area contributed by atoms with Gasteiger partial charge in [0.05, 0.1) is 23.3 Å². The Balaban J connectivity index is 0.000000461. The van der Waals surface area contributed by atoms with Gasteiger partial charge in [-0.1, -0.05) is 13.8 Å².